The Morgan fingerprint density at radius 1 is 1.19 bits per heavy atom. The third kappa shape index (κ3) is 2.90. The maximum Gasteiger partial charge on any atom is 0.131 e. The molecule has 108 valence electrons. The van der Waals surface area contributed by atoms with Crippen LogP contribution in [0.15, 0.2) is 54.9 Å². The summed E-state index contributed by atoms with van der Waals surface area (Å²) in [7, 11) is 0. The van der Waals surface area contributed by atoms with Crippen LogP contribution in [0, 0.1) is 0 Å². The lowest BCUT2D eigenvalue weighted by molar-refractivity contribution is 0.291. The molecule has 0 aliphatic carbocycles. The number of ether oxygens (including phenoxy) is 1. The van der Waals surface area contributed by atoms with Gasteiger partial charge < -0.3 is 10.5 Å². The Hall–Kier alpha value is -2.33. The third-order valence-electron chi connectivity index (χ3n) is 3.53. The maximum absolute atomic E-state index is 6.07. The third-order valence-corrected chi connectivity index (χ3v) is 3.53. The first-order chi connectivity index (χ1) is 10.3. The number of nitrogens with zero attached hydrogens (tertiary/aromatic N) is 2. The second kappa shape index (κ2) is 5.97. The molecule has 0 aliphatic rings. The lowest BCUT2D eigenvalue weighted by Gasteiger charge is -2.16. The highest BCUT2D eigenvalue weighted by atomic mass is 16.5. The Morgan fingerprint density at radius 2 is 2.05 bits per heavy atom. The number of hydrogen-bond donors (Lipinski definition) is 1. The van der Waals surface area contributed by atoms with E-state index in [2.05, 4.69) is 29.4 Å². The van der Waals surface area contributed by atoms with Crippen LogP contribution in [0.4, 0.5) is 0 Å². The van der Waals surface area contributed by atoms with Crippen LogP contribution >= 0.6 is 0 Å². The van der Waals surface area contributed by atoms with Crippen molar-refractivity contribution in [2.75, 3.05) is 6.61 Å². The minimum atomic E-state index is -0.0608. The van der Waals surface area contributed by atoms with E-state index in [-0.39, 0.29) is 6.04 Å². The quantitative estimate of drug-likeness (QED) is 0.781. The van der Waals surface area contributed by atoms with Gasteiger partial charge in [0.25, 0.3) is 0 Å². The molecule has 0 saturated carbocycles. The summed E-state index contributed by atoms with van der Waals surface area (Å²) in [5, 5.41) is 6.45. The lowest BCUT2D eigenvalue weighted by atomic mass is 10.0. The van der Waals surface area contributed by atoms with E-state index in [0.29, 0.717) is 13.2 Å². The maximum atomic E-state index is 6.07. The lowest BCUT2D eigenvalue weighted by Crippen LogP contribution is -2.12. The molecule has 3 aromatic rings. The van der Waals surface area contributed by atoms with Crippen LogP contribution in [0.3, 0.4) is 0 Å². The average molecular weight is 281 g/mol. The smallest absolute Gasteiger partial charge is 0.131 e. The highest BCUT2D eigenvalue weighted by Crippen LogP contribution is 2.32. The van der Waals surface area contributed by atoms with Gasteiger partial charge in [0, 0.05) is 29.4 Å². The minimum Gasteiger partial charge on any atom is -0.491 e. The Bertz CT molecular complexity index is 720. The second-order valence-corrected chi connectivity index (χ2v) is 5.11. The zero-order valence-electron chi connectivity index (χ0n) is 12.1. The molecular weight excluding hydrogens is 262 g/mol. The molecule has 0 spiro atoms. The summed E-state index contributed by atoms with van der Waals surface area (Å²) in [6.07, 6.45) is 3.70. The zero-order chi connectivity index (χ0) is 14.7. The summed E-state index contributed by atoms with van der Waals surface area (Å²) in [5.41, 5.74) is 7.11. The van der Waals surface area contributed by atoms with E-state index >= 15 is 0 Å². The predicted molar refractivity (Wildman–Crippen MR) is 84.3 cm³/mol. The van der Waals surface area contributed by atoms with E-state index in [1.165, 1.54) is 0 Å². The zero-order valence-corrected chi connectivity index (χ0v) is 12.1. The fraction of sp³-hybridized carbons (Fsp3) is 0.235. The van der Waals surface area contributed by atoms with Crippen LogP contribution in [0.1, 0.15) is 18.5 Å². The predicted octanol–water partition coefficient (Wildman–Crippen LogP) is 3.14. The molecule has 3 rings (SSSR count). The van der Waals surface area contributed by atoms with E-state index in [0.717, 1.165) is 22.1 Å². The Labute approximate surface area is 124 Å². The molecular formula is C17H19N3O. The summed E-state index contributed by atoms with van der Waals surface area (Å²) in [6, 6.07) is 14.2. The number of aromatic nitrogens is 2. The number of rotatable bonds is 5. The fourth-order valence-electron chi connectivity index (χ4n) is 2.45. The van der Waals surface area contributed by atoms with E-state index < -0.39 is 0 Å². The second-order valence-electron chi connectivity index (χ2n) is 5.11. The Kier molecular flexibility index (Phi) is 3.88. The number of hydrogen-bond acceptors (Lipinski definition) is 3. The molecule has 1 aromatic heterocycles. The average Bonchev–Trinajstić information content (AvgIpc) is 3.00. The van der Waals surface area contributed by atoms with Crippen LogP contribution in [0.2, 0.25) is 0 Å². The Balaban J connectivity index is 1.89. The van der Waals surface area contributed by atoms with E-state index in [1.807, 2.05) is 36.0 Å². The molecule has 4 heteroatoms. The summed E-state index contributed by atoms with van der Waals surface area (Å²) >= 11 is 0. The van der Waals surface area contributed by atoms with Crippen molar-refractivity contribution in [3.05, 3.63) is 60.4 Å². The fourth-order valence-corrected chi connectivity index (χ4v) is 2.45. The van der Waals surface area contributed by atoms with E-state index in [1.54, 1.807) is 6.20 Å². The molecule has 1 heterocycles. The van der Waals surface area contributed by atoms with Crippen molar-refractivity contribution in [3.63, 3.8) is 0 Å². The van der Waals surface area contributed by atoms with Gasteiger partial charge in [-0.1, -0.05) is 36.4 Å². The van der Waals surface area contributed by atoms with Gasteiger partial charge in [-0.15, -0.1) is 0 Å². The van der Waals surface area contributed by atoms with E-state index in [4.69, 9.17) is 10.5 Å². The standard InChI is InChI=1S/C17H19N3O/c1-13(18)15-8-7-14-5-2-3-6-16(14)17(15)21-12-11-20-10-4-9-19-20/h2-10,13H,11-12,18H2,1H3/t13-/m1/s1. The largest absolute Gasteiger partial charge is 0.491 e. The molecule has 0 bridgehead atoms. The van der Waals surface area contributed by atoms with Crippen molar-refractivity contribution < 1.29 is 4.74 Å². The molecule has 1 atom stereocenters. The number of benzene rings is 2. The molecule has 0 unspecified atom stereocenters. The summed E-state index contributed by atoms with van der Waals surface area (Å²) in [6.45, 7) is 3.26. The number of fused-ring (bicyclic) bond motifs is 1. The summed E-state index contributed by atoms with van der Waals surface area (Å²) < 4.78 is 7.90. The van der Waals surface area contributed by atoms with Crippen molar-refractivity contribution in [2.45, 2.75) is 19.5 Å². The van der Waals surface area contributed by atoms with Gasteiger partial charge in [0.15, 0.2) is 0 Å². The van der Waals surface area contributed by atoms with Crippen LogP contribution in [0.5, 0.6) is 5.75 Å². The molecule has 0 aliphatic heterocycles. The molecule has 0 fully saturated rings. The van der Waals surface area contributed by atoms with Crippen molar-refractivity contribution in [3.8, 4) is 5.75 Å². The van der Waals surface area contributed by atoms with Gasteiger partial charge in [-0.05, 0) is 18.4 Å². The van der Waals surface area contributed by atoms with E-state index in [9.17, 15) is 0 Å². The van der Waals surface area contributed by atoms with Crippen molar-refractivity contribution in [1.29, 1.82) is 0 Å². The number of nitrogens with two attached hydrogens (primary N) is 1. The van der Waals surface area contributed by atoms with Gasteiger partial charge in [0.1, 0.15) is 12.4 Å². The van der Waals surface area contributed by atoms with Crippen molar-refractivity contribution in [2.24, 2.45) is 5.73 Å². The minimum absolute atomic E-state index is 0.0608. The molecule has 4 nitrogen and oxygen atoms in total. The molecule has 2 aromatic carbocycles. The molecule has 2 N–H and O–H groups in total. The molecule has 0 amide bonds. The molecule has 0 radical (unpaired) electrons. The van der Waals surface area contributed by atoms with Crippen LogP contribution in [-0.2, 0) is 6.54 Å². The van der Waals surface area contributed by atoms with Crippen LogP contribution in [0.25, 0.3) is 10.8 Å². The highest BCUT2D eigenvalue weighted by Gasteiger charge is 2.12. The van der Waals surface area contributed by atoms with Crippen molar-refractivity contribution >= 4 is 10.8 Å². The summed E-state index contributed by atoms with van der Waals surface area (Å²) in [5.74, 6) is 0.884. The van der Waals surface area contributed by atoms with Crippen LogP contribution in [-0.4, -0.2) is 16.4 Å². The highest BCUT2D eigenvalue weighted by molar-refractivity contribution is 5.89. The molecule has 21 heavy (non-hydrogen) atoms. The topological polar surface area (TPSA) is 53.1 Å². The monoisotopic (exact) mass is 281 g/mol. The SMILES string of the molecule is C[C@@H](N)c1ccc2ccccc2c1OCCn1cccn1. The first kappa shape index (κ1) is 13.6. The van der Waals surface area contributed by atoms with Gasteiger partial charge in [-0.2, -0.15) is 5.10 Å². The first-order valence-corrected chi connectivity index (χ1v) is 7.13. The van der Waals surface area contributed by atoms with Gasteiger partial charge in [0.05, 0.1) is 6.54 Å². The first-order valence-electron chi connectivity index (χ1n) is 7.13. The van der Waals surface area contributed by atoms with Crippen molar-refractivity contribution in [1.82, 2.24) is 9.78 Å². The van der Waals surface area contributed by atoms with Gasteiger partial charge in [-0.25, -0.2) is 0 Å². The van der Waals surface area contributed by atoms with Gasteiger partial charge >= 0.3 is 0 Å². The molecule has 0 saturated heterocycles. The summed E-state index contributed by atoms with van der Waals surface area (Å²) in [4.78, 5) is 0. The van der Waals surface area contributed by atoms with Gasteiger partial charge in [0.2, 0.25) is 0 Å². The van der Waals surface area contributed by atoms with Gasteiger partial charge in [-0.3, -0.25) is 4.68 Å². The normalized spacial score (nSPS) is 12.5. The van der Waals surface area contributed by atoms with Crippen LogP contribution < -0.4 is 10.5 Å². The Morgan fingerprint density at radius 3 is 2.81 bits per heavy atom.